The number of aliphatic hydroxyl groups is 1. The summed E-state index contributed by atoms with van der Waals surface area (Å²) < 4.78 is 12.3. The van der Waals surface area contributed by atoms with Gasteiger partial charge in [-0.15, -0.1) is 0 Å². The highest BCUT2D eigenvalue weighted by Crippen LogP contribution is 2.72. The fourth-order valence-electron chi connectivity index (χ4n) is 8.25. The fourth-order valence-corrected chi connectivity index (χ4v) is 8.25. The Bertz CT molecular complexity index is 715. The van der Waals surface area contributed by atoms with E-state index >= 15 is 0 Å². The van der Waals surface area contributed by atoms with Gasteiger partial charge in [-0.2, -0.15) is 0 Å². The summed E-state index contributed by atoms with van der Waals surface area (Å²) in [6.07, 6.45) is 10.5. The van der Waals surface area contributed by atoms with Crippen molar-refractivity contribution in [2.75, 3.05) is 0 Å². The summed E-state index contributed by atoms with van der Waals surface area (Å²) in [6, 6.07) is 0. The number of epoxide rings is 1. The monoisotopic (exact) mass is 358 g/mol. The second kappa shape index (κ2) is 4.75. The molecule has 1 spiro atoms. The molecule has 2 aliphatic heterocycles. The molecule has 0 aromatic carbocycles. The predicted octanol–water partition coefficient (Wildman–Crippen LogP) is 3.37. The molecule has 0 bridgehead atoms. The van der Waals surface area contributed by atoms with E-state index in [0.29, 0.717) is 30.3 Å². The number of carbonyl (C=O) groups is 1. The van der Waals surface area contributed by atoms with Crippen LogP contribution in [0.25, 0.3) is 0 Å². The number of esters is 1. The van der Waals surface area contributed by atoms with Crippen LogP contribution in [0.1, 0.15) is 65.2 Å². The van der Waals surface area contributed by atoms with Crippen LogP contribution >= 0.6 is 0 Å². The van der Waals surface area contributed by atoms with Gasteiger partial charge in [0.2, 0.25) is 0 Å². The van der Waals surface area contributed by atoms with E-state index in [-0.39, 0.29) is 34.6 Å². The largest absolute Gasteiger partial charge is 0.458 e. The second-order valence-electron chi connectivity index (χ2n) is 10.4. The third-order valence-corrected chi connectivity index (χ3v) is 9.69. The Morgan fingerprint density at radius 3 is 2.65 bits per heavy atom. The number of hydrogen-bond donors (Lipinski definition) is 1. The van der Waals surface area contributed by atoms with Crippen molar-refractivity contribution in [2.45, 2.75) is 89.1 Å². The van der Waals surface area contributed by atoms with E-state index in [2.05, 4.69) is 19.9 Å². The van der Waals surface area contributed by atoms with Crippen molar-refractivity contribution in [1.29, 1.82) is 0 Å². The molecule has 2 saturated heterocycles. The van der Waals surface area contributed by atoms with Crippen molar-refractivity contribution in [3.63, 3.8) is 0 Å². The highest BCUT2D eigenvalue weighted by Gasteiger charge is 2.72. The molecule has 142 valence electrons. The minimum atomic E-state index is -0.291. The van der Waals surface area contributed by atoms with E-state index in [1.807, 2.05) is 0 Å². The number of aliphatic hydroxyl groups excluding tert-OH is 1. The maximum Gasteiger partial charge on any atom is 0.306 e. The zero-order chi connectivity index (χ0) is 17.9. The number of hydrogen-bond acceptors (Lipinski definition) is 4. The van der Waals surface area contributed by atoms with Crippen LogP contribution in [0, 0.1) is 28.6 Å². The molecular formula is C22H30O4. The van der Waals surface area contributed by atoms with Gasteiger partial charge in [0, 0.05) is 11.8 Å². The van der Waals surface area contributed by atoms with Crippen LogP contribution in [0.3, 0.4) is 0 Å². The molecule has 6 rings (SSSR count). The normalized spacial score (nSPS) is 59.8. The molecule has 4 nitrogen and oxygen atoms in total. The standard InChI is InChI=1S/C22H30O4/c1-20-7-3-12(23)11-15(20)18-19(25-18)17-13(20)4-8-21(2)14(17)5-9-22(21)10-6-16(24)26-22/h11-14,17-19,23H,3-10H2,1-2H3. The Kier molecular flexibility index (Phi) is 2.94. The number of ether oxygens (including phenoxy) is 2. The molecule has 4 heteroatoms. The summed E-state index contributed by atoms with van der Waals surface area (Å²) >= 11 is 0. The third kappa shape index (κ3) is 1.72. The number of rotatable bonds is 0. The lowest BCUT2D eigenvalue weighted by Crippen LogP contribution is -2.56. The van der Waals surface area contributed by atoms with Crippen molar-refractivity contribution < 1.29 is 19.4 Å². The molecule has 2 heterocycles. The minimum Gasteiger partial charge on any atom is -0.458 e. The molecular weight excluding hydrogens is 328 g/mol. The Balaban J connectivity index is 1.40. The third-order valence-electron chi connectivity index (χ3n) is 9.69. The maximum atomic E-state index is 12.0. The van der Waals surface area contributed by atoms with Gasteiger partial charge >= 0.3 is 5.97 Å². The van der Waals surface area contributed by atoms with E-state index in [0.717, 1.165) is 32.1 Å². The van der Waals surface area contributed by atoms with Crippen LogP contribution in [0.5, 0.6) is 0 Å². The molecule has 0 aromatic heterocycles. The van der Waals surface area contributed by atoms with Gasteiger partial charge in [-0.1, -0.05) is 19.9 Å². The van der Waals surface area contributed by atoms with Gasteiger partial charge in [0.05, 0.1) is 12.2 Å². The van der Waals surface area contributed by atoms with E-state index in [1.165, 1.54) is 18.4 Å². The molecule has 5 fully saturated rings. The lowest BCUT2D eigenvalue weighted by Gasteiger charge is -2.58. The molecule has 1 N–H and O–H groups in total. The lowest BCUT2D eigenvalue weighted by molar-refractivity contribution is -0.167. The lowest BCUT2D eigenvalue weighted by atomic mass is 9.46. The molecule has 0 aromatic rings. The predicted molar refractivity (Wildman–Crippen MR) is 95.2 cm³/mol. The van der Waals surface area contributed by atoms with Crippen molar-refractivity contribution in [3.05, 3.63) is 11.6 Å². The van der Waals surface area contributed by atoms with Crippen LogP contribution < -0.4 is 0 Å². The first kappa shape index (κ1) is 16.1. The van der Waals surface area contributed by atoms with E-state index in [4.69, 9.17) is 9.47 Å². The highest BCUT2D eigenvalue weighted by atomic mass is 16.6. The molecule has 9 unspecified atom stereocenters. The summed E-state index contributed by atoms with van der Waals surface area (Å²) in [5.74, 6) is 1.86. The summed E-state index contributed by atoms with van der Waals surface area (Å²) in [5, 5.41) is 10.2. The van der Waals surface area contributed by atoms with E-state index in [9.17, 15) is 9.90 Å². The maximum absolute atomic E-state index is 12.0. The molecule has 0 radical (unpaired) electrons. The zero-order valence-electron chi connectivity index (χ0n) is 15.9. The van der Waals surface area contributed by atoms with Gasteiger partial charge in [0.25, 0.3) is 0 Å². The van der Waals surface area contributed by atoms with Gasteiger partial charge < -0.3 is 14.6 Å². The fraction of sp³-hybridized carbons (Fsp3) is 0.864. The average Bonchev–Trinajstić information content (AvgIpc) is 3.23. The van der Waals surface area contributed by atoms with Crippen molar-refractivity contribution in [1.82, 2.24) is 0 Å². The van der Waals surface area contributed by atoms with Crippen LogP contribution in [-0.4, -0.2) is 35.0 Å². The molecule has 3 saturated carbocycles. The molecule has 0 amide bonds. The average molecular weight is 358 g/mol. The van der Waals surface area contributed by atoms with Gasteiger partial charge in [-0.3, -0.25) is 4.79 Å². The Morgan fingerprint density at radius 2 is 1.88 bits per heavy atom. The van der Waals surface area contributed by atoms with Crippen LogP contribution in [0.2, 0.25) is 0 Å². The minimum absolute atomic E-state index is 0.0108. The van der Waals surface area contributed by atoms with E-state index in [1.54, 1.807) is 0 Å². The van der Waals surface area contributed by atoms with Gasteiger partial charge in [-0.05, 0) is 73.7 Å². The van der Waals surface area contributed by atoms with Crippen LogP contribution in [0.15, 0.2) is 11.6 Å². The topological polar surface area (TPSA) is 59.1 Å². The van der Waals surface area contributed by atoms with Crippen LogP contribution in [0.4, 0.5) is 0 Å². The SMILES string of the molecule is CC12CCC(O)C=C1C1OC1C1C2CCC2(C)C1CCC21CCC(=O)O1. The first-order chi connectivity index (χ1) is 12.4. The van der Waals surface area contributed by atoms with Gasteiger partial charge in [0.1, 0.15) is 11.7 Å². The second-order valence-corrected chi connectivity index (χ2v) is 10.4. The summed E-state index contributed by atoms with van der Waals surface area (Å²) in [4.78, 5) is 12.0. The molecule has 26 heavy (non-hydrogen) atoms. The first-order valence-corrected chi connectivity index (χ1v) is 10.7. The molecule has 9 atom stereocenters. The Labute approximate surface area is 155 Å². The van der Waals surface area contributed by atoms with E-state index < -0.39 is 0 Å². The molecule has 4 aliphatic carbocycles. The summed E-state index contributed by atoms with van der Waals surface area (Å²) in [5.41, 5.74) is 1.49. The van der Waals surface area contributed by atoms with Crippen molar-refractivity contribution in [2.24, 2.45) is 28.6 Å². The van der Waals surface area contributed by atoms with Gasteiger partial charge in [-0.25, -0.2) is 0 Å². The Hall–Kier alpha value is -0.870. The van der Waals surface area contributed by atoms with Crippen molar-refractivity contribution >= 4 is 5.97 Å². The highest BCUT2D eigenvalue weighted by molar-refractivity contribution is 5.72. The zero-order valence-corrected chi connectivity index (χ0v) is 15.9. The number of fused-ring (bicyclic) bond motifs is 9. The van der Waals surface area contributed by atoms with Crippen molar-refractivity contribution in [3.8, 4) is 0 Å². The quantitative estimate of drug-likeness (QED) is 0.410. The summed E-state index contributed by atoms with van der Waals surface area (Å²) in [7, 11) is 0. The van der Waals surface area contributed by atoms with Crippen LogP contribution in [-0.2, 0) is 14.3 Å². The Morgan fingerprint density at radius 1 is 1.08 bits per heavy atom. The van der Waals surface area contributed by atoms with Gasteiger partial charge in [0.15, 0.2) is 0 Å². The first-order valence-electron chi connectivity index (χ1n) is 10.7. The summed E-state index contributed by atoms with van der Waals surface area (Å²) in [6.45, 7) is 4.85. The number of carbonyl (C=O) groups excluding carboxylic acids is 1. The molecule has 6 aliphatic rings. The smallest absolute Gasteiger partial charge is 0.306 e.